The van der Waals surface area contributed by atoms with Gasteiger partial charge in [-0.1, -0.05) is 19.4 Å². The van der Waals surface area contributed by atoms with Gasteiger partial charge in [0.15, 0.2) is 0 Å². The van der Waals surface area contributed by atoms with E-state index in [1.54, 1.807) is 18.5 Å². The smallest absolute Gasteiger partial charge is 0.255 e. The number of nitrogens with one attached hydrogen (secondary N) is 1. The zero-order valence-electron chi connectivity index (χ0n) is 14.2. The van der Waals surface area contributed by atoms with Gasteiger partial charge >= 0.3 is 0 Å². The molecule has 3 heterocycles. The summed E-state index contributed by atoms with van der Waals surface area (Å²) < 4.78 is 11.4. The van der Waals surface area contributed by atoms with E-state index >= 15 is 0 Å². The van der Waals surface area contributed by atoms with Gasteiger partial charge in [-0.3, -0.25) is 4.79 Å². The van der Waals surface area contributed by atoms with E-state index in [-0.39, 0.29) is 18.1 Å². The maximum atomic E-state index is 12.7. The van der Waals surface area contributed by atoms with Gasteiger partial charge in [0.25, 0.3) is 5.91 Å². The molecule has 1 N–H and O–H groups in total. The van der Waals surface area contributed by atoms with Gasteiger partial charge in [0.2, 0.25) is 5.88 Å². The van der Waals surface area contributed by atoms with Crippen molar-refractivity contribution in [1.82, 2.24) is 20.3 Å². The van der Waals surface area contributed by atoms with Crippen molar-refractivity contribution in [3.05, 3.63) is 48.2 Å². The Bertz CT molecular complexity index is 696. The molecule has 132 valence electrons. The van der Waals surface area contributed by atoms with Gasteiger partial charge in [-0.25, -0.2) is 15.0 Å². The van der Waals surface area contributed by atoms with E-state index in [9.17, 15) is 4.79 Å². The van der Waals surface area contributed by atoms with Crippen molar-refractivity contribution in [2.24, 2.45) is 0 Å². The summed E-state index contributed by atoms with van der Waals surface area (Å²) in [6, 6.07) is 5.32. The number of ether oxygens (including phenoxy) is 2. The largest absolute Gasteiger partial charge is 0.470 e. The molecule has 1 aliphatic rings. The highest BCUT2D eigenvalue weighted by Gasteiger charge is 2.30. The first kappa shape index (κ1) is 17.3. The van der Waals surface area contributed by atoms with Crippen molar-refractivity contribution in [3.63, 3.8) is 0 Å². The molecule has 1 saturated heterocycles. The number of aromatic nitrogens is 3. The Kier molecular flexibility index (Phi) is 5.90. The molecule has 2 aromatic heterocycles. The number of hydrogen-bond acceptors (Lipinski definition) is 6. The number of rotatable bonds is 6. The van der Waals surface area contributed by atoms with Crippen LogP contribution in [0.5, 0.6) is 5.88 Å². The van der Waals surface area contributed by atoms with Gasteiger partial charge in [0.1, 0.15) is 12.4 Å². The third-order valence-corrected chi connectivity index (χ3v) is 4.06. The average Bonchev–Trinajstić information content (AvgIpc) is 2.65. The molecular formula is C18H22N4O3. The summed E-state index contributed by atoms with van der Waals surface area (Å²) in [5.74, 6) is 0.345. The minimum Gasteiger partial charge on any atom is -0.470 e. The SMILES string of the molecule is CCCc1ncncc1C(=O)N[C@@H]1CCOC[C@H]1Oc1ccccn1. The molecule has 2 aromatic rings. The van der Waals surface area contributed by atoms with Crippen molar-refractivity contribution >= 4 is 5.91 Å². The molecule has 1 aliphatic heterocycles. The predicted octanol–water partition coefficient (Wildman–Crippen LogP) is 1.79. The maximum Gasteiger partial charge on any atom is 0.255 e. The van der Waals surface area contributed by atoms with Crippen molar-refractivity contribution in [1.29, 1.82) is 0 Å². The lowest BCUT2D eigenvalue weighted by molar-refractivity contribution is -0.0153. The van der Waals surface area contributed by atoms with Gasteiger partial charge < -0.3 is 14.8 Å². The molecular weight excluding hydrogens is 320 g/mol. The Hall–Kier alpha value is -2.54. The molecule has 25 heavy (non-hydrogen) atoms. The first-order valence-corrected chi connectivity index (χ1v) is 8.53. The van der Waals surface area contributed by atoms with Crippen LogP contribution in [0.15, 0.2) is 36.9 Å². The first-order valence-electron chi connectivity index (χ1n) is 8.53. The van der Waals surface area contributed by atoms with Crippen LogP contribution < -0.4 is 10.1 Å². The van der Waals surface area contributed by atoms with Crippen molar-refractivity contribution in [2.45, 2.75) is 38.3 Å². The van der Waals surface area contributed by atoms with Crippen molar-refractivity contribution < 1.29 is 14.3 Å². The number of nitrogens with zero attached hydrogens (tertiary/aromatic N) is 3. The monoisotopic (exact) mass is 342 g/mol. The van der Waals surface area contributed by atoms with E-state index in [4.69, 9.17) is 9.47 Å². The quantitative estimate of drug-likeness (QED) is 0.861. The summed E-state index contributed by atoms with van der Waals surface area (Å²) in [4.78, 5) is 25.1. The van der Waals surface area contributed by atoms with Crippen LogP contribution in [-0.4, -0.2) is 46.2 Å². The molecule has 0 spiro atoms. The Morgan fingerprint density at radius 2 is 2.32 bits per heavy atom. The fourth-order valence-corrected chi connectivity index (χ4v) is 2.79. The van der Waals surface area contributed by atoms with Gasteiger partial charge in [-0.2, -0.15) is 0 Å². The van der Waals surface area contributed by atoms with Crippen LogP contribution in [0.4, 0.5) is 0 Å². The molecule has 0 saturated carbocycles. The second-order valence-corrected chi connectivity index (χ2v) is 5.90. The minimum absolute atomic E-state index is 0.155. The molecule has 1 amide bonds. The molecule has 0 radical (unpaired) electrons. The van der Waals surface area contributed by atoms with E-state index in [1.165, 1.54) is 6.33 Å². The Balaban J connectivity index is 1.70. The average molecular weight is 342 g/mol. The first-order chi connectivity index (χ1) is 12.3. The number of hydrogen-bond donors (Lipinski definition) is 1. The number of carbonyl (C=O) groups is 1. The standard InChI is InChI=1S/C18H22N4O3/c1-2-5-14-13(10-19-12-21-14)18(23)22-15-7-9-24-11-16(15)25-17-6-3-4-8-20-17/h3-4,6,8,10,12,15-16H,2,5,7,9,11H2,1H3,(H,22,23)/t15-,16-/m1/s1. The van der Waals surface area contributed by atoms with Gasteiger partial charge in [0, 0.05) is 25.1 Å². The lowest BCUT2D eigenvalue weighted by Crippen LogP contribution is -2.51. The molecule has 1 fully saturated rings. The van der Waals surface area contributed by atoms with E-state index in [0.29, 0.717) is 31.1 Å². The highest BCUT2D eigenvalue weighted by molar-refractivity contribution is 5.95. The normalized spacial score (nSPS) is 20.0. The number of pyridine rings is 1. The molecule has 2 atom stereocenters. The Morgan fingerprint density at radius 1 is 1.40 bits per heavy atom. The zero-order chi connectivity index (χ0) is 17.5. The minimum atomic E-state index is -0.285. The second-order valence-electron chi connectivity index (χ2n) is 5.90. The number of aryl methyl sites for hydroxylation is 1. The summed E-state index contributed by atoms with van der Waals surface area (Å²) >= 11 is 0. The highest BCUT2D eigenvalue weighted by atomic mass is 16.5. The summed E-state index contributed by atoms with van der Waals surface area (Å²) in [5.41, 5.74) is 1.29. The highest BCUT2D eigenvalue weighted by Crippen LogP contribution is 2.16. The third kappa shape index (κ3) is 4.51. The molecule has 0 aliphatic carbocycles. The van der Waals surface area contributed by atoms with Crippen LogP contribution in [0.3, 0.4) is 0 Å². The molecule has 0 unspecified atom stereocenters. The van der Waals surface area contributed by atoms with E-state index in [2.05, 4.69) is 27.2 Å². The van der Waals surface area contributed by atoms with E-state index in [1.807, 2.05) is 12.1 Å². The van der Waals surface area contributed by atoms with Gasteiger partial charge in [-0.15, -0.1) is 0 Å². The predicted molar refractivity (Wildman–Crippen MR) is 91.4 cm³/mol. The fraction of sp³-hybridized carbons (Fsp3) is 0.444. The molecule has 3 rings (SSSR count). The maximum absolute atomic E-state index is 12.7. The van der Waals surface area contributed by atoms with Crippen LogP contribution in [0, 0.1) is 0 Å². The van der Waals surface area contributed by atoms with Gasteiger partial charge in [-0.05, 0) is 18.9 Å². The van der Waals surface area contributed by atoms with Crippen LogP contribution in [0.1, 0.15) is 35.8 Å². The topological polar surface area (TPSA) is 86.2 Å². The number of amides is 1. The Labute approximate surface area is 146 Å². The van der Waals surface area contributed by atoms with E-state index in [0.717, 1.165) is 18.5 Å². The summed E-state index contributed by atoms with van der Waals surface area (Å²) in [5, 5.41) is 3.05. The van der Waals surface area contributed by atoms with Crippen LogP contribution >= 0.6 is 0 Å². The van der Waals surface area contributed by atoms with Crippen LogP contribution in [-0.2, 0) is 11.2 Å². The molecule has 7 nitrogen and oxygen atoms in total. The summed E-state index contributed by atoms with van der Waals surface area (Å²) in [6.07, 6.45) is 6.77. The van der Waals surface area contributed by atoms with Crippen LogP contribution in [0.2, 0.25) is 0 Å². The van der Waals surface area contributed by atoms with Gasteiger partial charge in [0.05, 0.1) is 23.9 Å². The zero-order valence-corrected chi connectivity index (χ0v) is 14.2. The summed E-state index contributed by atoms with van der Waals surface area (Å²) in [7, 11) is 0. The molecule has 0 aromatic carbocycles. The molecule has 0 bridgehead atoms. The lowest BCUT2D eigenvalue weighted by Gasteiger charge is -2.32. The lowest BCUT2D eigenvalue weighted by atomic mass is 10.0. The fourth-order valence-electron chi connectivity index (χ4n) is 2.79. The third-order valence-electron chi connectivity index (χ3n) is 4.06. The summed E-state index contributed by atoms with van der Waals surface area (Å²) in [6.45, 7) is 3.05. The Morgan fingerprint density at radius 3 is 3.12 bits per heavy atom. The van der Waals surface area contributed by atoms with E-state index < -0.39 is 0 Å². The number of carbonyl (C=O) groups excluding carboxylic acids is 1. The van der Waals surface area contributed by atoms with Crippen LogP contribution in [0.25, 0.3) is 0 Å². The van der Waals surface area contributed by atoms with Crippen molar-refractivity contribution in [3.8, 4) is 5.88 Å². The molecule has 7 heteroatoms. The van der Waals surface area contributed by atoms with Crippen molar-refractivity contribution in [2.75, 3.05) is 13.2 Å². The second kappa shape index (κ2) is 8.53.